The minimum absolute atomic E-state index is 0.582. The van der Waals surface area contributed by atoms with Gasteiger partial charge in [-0.1, -0.05) is 6.92 Å². The van der Waals surface area contributed by atoms with Crippen molar-refractivity contribution in [3.63, 3.8) is 0 Å². The smallest absolute Gasteiger partial charge is 0.0465 e. The Morgan fingerprint density at radius 3 is 2.67 bits per heavy atom. The van der Waals surface area contributed by atoms with Gasteiger partial charge >= 0.3 is 0 Å². The molecule has 1 aliphatic heterocycles. The summed E-state index contributed by atoms with van der Waals surface area (Å²) in [6.45, 7) is 6.75. The maximum Gasteiger partial charge on any atom is 0.0465 e. The van der Waals surface area contributed by atoms with E-state index in [0.29, 0.717) is 18.0 Å². The summed E-state index contributed by atoms with van der Waals surface area (Å²) in [5.74, 6) is 0.663. The fourth-order valence-electron chi connectivity index (χ4n) is 2.79. The average Bonchev–Trinajstić information content (AvgIpc) is 2.36. The molecule has 1 rings (SSSR count). The summed E-state index contributed by atoms with van der Waals surface area (Å²) in [7, 11) is 8.35. The molecular weight excluding hydrogens is 226 g/mol. The van der Waals surface area contributed by atoms with Crippen molar-refractivity contribution >= 4 is 0 Å². The van der Waals surface area contributed by atoms with E-state index in [1.807, 2.05) is 0 Å². The van der Waals surface area contributed by atoms with Crippen LogP contribution >= 0.6 is 0 Å². The molecular formula is C14H31N3O. The molecule has 18 heavy (non-hydrogen) atoms. The third-order valence-electron chi connectivity index (χ3n) is 4.34. The van der Waals surface area contributed by atoms with E-state index >= 15 is 0 Å². The van der Waals surface area contributed by atoms with Crippen molar-refractivity contribution in [1.29, 1.82) is 0 Å². The van der Waals surface area contributed by atoms with E-state index < -0.39 is 0 Å². The zero-order valence-electron chi connectivity index (χ0n) is 12.8. The molecule has 0 spiro atoms. The number of nitrogens with one attached hydrogen (secondary N) is 1. The highest BCUT2D eigenvalue weighted by Crippen LogP contribution is 2.18. The van der Waals surface area contributed by atoms with Crippen LogP contribution in [0.3, 0.4) is 0 Å². The van der Waals surface area contributed by atoms with Gasteiger partial charge in [-0.3, -0.25) is 0 Å². The molecule has 0 saturated carbocycles. The minimum atomic E-state index is 0.582. The van der Waals surface area contributed by atoms with Gasteiger partial charge in [-0.15, -0.1) is 0 Å². The Morgan fingerprint density at radius 2 is 2.06 bits per heavy atom. The number of hydrogen-bond acceptors (Lipinski definition) is 4. The van der Waals surface area contributed by atoms with Gasteiger partial charge in [0, 0.05) is 45.4 Å². The molecule has 3 atom stereocenters. The maximum atomic E-state index is 5.19. The Morgan fingerprint density at radius 1 is 1.33 bits per heavy atom. The van der Waals surface area contributed by atoms with Crippen LogP contribution in [0.15, 0.2) is 0 Å². The molecule has 4 nitrogen and oxygen atoms in total. The van der Waals surface area contributed by atoms with Crippen LogP contribution in [0.2, 0.25) is 0 Å². The van der Waals surface area contributed by atoms with Crippen molar-refractivity contribution in [3.8, 4) is 0 Å². The van der Waals surface area contributed by atoms with E-state index in [9.17, 15) is 0 Å². The average molecular weight is 257 g/mol. The molecule has 0 radical (unpaired) electrons. The molecule has 1 heterocycles. The Labute approximate surface area is 113 Å². The topological polar surface area (TPSA) is 27.7 Å². The van der Waals surface area contributed by atoms with Crippen LogP contribution < -0.4 is 5.32 Å². The standard InChI is InChI=1S/C14H31N3O/c1-12(6-9-18-5)14(15-2)10-13-11-16(3)7-8-17(13)4/h12-15H,6-11H2,1-5H3. The summed E-state index contributed by atoms with van der Waals surface area (Å²) >= 11 is 0. The van der Waals surface area contributed by atoms with Crippen LogP contribution in [0.5, 0.6) is 0 Å². The second-order valence-electron chi connectivity index (χ2n) is 5.79. The Balaban J connectivity index is 2.45. The molecule has 1 saturated heterocycles. The van der Waals surface area contributed by atoms with Crippen LogP contribution in [0.1, 0.15) is 19.8 Å². The van der Waals surface area contributed by atoms with Gasteiger partial charge in [-0.25, -0.2) is 0 Å². The Hall–Kier alpha value is -0.160. The lowest BCUT2D eigenvalue weighted by Gasteiger charge is -2.40. The molecule has 3 unspecified atom stereocenters. The molecule has 0 aromatic heterocycles. The first-order valence-electron chi connectivity index (χ1n) is 7.13. The summed E-state index contributed by atoms with van der Waals surface area (Å²) in [6.07, 6.45) is 2.36. The van der Waals surface area contributed by atoms with Gasteiger partial charge in [0.25, 0.3) is 0 Å². The normalized spacial score (nSPS) is 26.2. The van der Waals surface area contributed by atoms with E-state index in [2.05, 4.69) is 43.2 Å². The Bertz CT molecular complexity index is 225. The van der Waals surface area contributed by atoms with Crippen molar-refractivity contribution in [1.82, 2.24) is 15.1 Å². The molecule has 1 aliphatic rings. The van der Waals surface area contributed by atoms with E-state index in [0.717, 1.165) is 13.0 Å². The lowest BCUT2D eigenvalue weighted by atomic mass is 9.91. The molecule has 0 amide bonds. The predicted molar refractivity (Wildman–Crippen MR) is 77.0 cm³/mol. The number of nitrogens with zero attached hydrogens (tertiary/aromatic N) is 2. The van der Waals surface area contributed by atoms with Crippen molar-refractivity contribution in [3.05, 3.63) is 0 Å². The fraction of sp³-hybridized carbons (Fsp3) is 1.00. The quantitative estimate of drug-likeness (QED) is 0.733. The number of piperazine rings is 1. The zero-order chi connectivity index (χ0) is 13.5. The summed E-state index contributed by atoms with van der Waals surface area (Å²) in [5.41, 5.74) is 0. The molecule has 108 valence electrons. The molecule has 0 bridgehead atoms. The number of rotatable bonds is 7. The van der Waals surface area contributed by atoms with Crippen molar-refractivity contribution in [2.75, 3.05) is 54.5 Å². The summed E-state index contributed by atoms with van der Waals surface area (Å²) in [6, 6.07) is 1.25. The molecule has 4 heteroatoms. The first-order chi connectivity index (χ1) is 8.58. The molecule has 0 aliphatic carbocycles. The lowest BCUT2D eigenvalue weighted by molar-refractivity contribution is 0.0923. The van der Waals surface area contributed by atoms with Crippen LogP contribution in [-0.4, -0.2) is 76.4 Å². The summed E-state index contributed by atoms with van der Waals surface area (Å²) < 4.78 is 5.19. The monoisotopic (exact) mass is 257 g/mol. The number of hydrogen-bond donors (Lipinski definition) is 1. The third kappa shape index (κ3) is 4.84. The van der Waals surface area contributed by atoms with Crippen LogP contribution in [-0.2, 0) is 4.74 Å². The number of ether oxygens (including phenoxy) is 1. The minimum Gasteiger partial charge on any atom is -0.385 e. The van der Waals surface area contributed by atoms with Gasteiger partial charge in [0.05, 0.1) is 0 Å². The first-order valence-corrected chi connectivity index (χ1v) is 7.13. The highest BCUT2D eigenvalue weighted by molar-refractivity contribution is 4.84. The summed E-state index contributed by atoms with van der Waals surface area (Å²) in [5, 5.41) is 3.49. The highest BCUT2D eigenvalue weighted by atomic mass is 16.5. The Kier molecular flexibility index (Phi) is 7.15. The maximum absolute atomic E-state index is 5.19. The van der Waals surface area contributed by atoms with Gasteiger partial charge in [-0.2, -0.15) is 0 Å². The van der Waals surface area contributed by atoms with Gasteiger partial charge in [0.2, 0.25) is 0 Å². The fourth-order valence-corrected chi connectivity index (χ4v) is 2.79. The molecule has 0 aromatic carbocycles. The number of methoxy groups -OCH3 is 1. The van der Waals surface area contributed by atoms with E-state index in [1.54, 1.807) is 7.11 Å². The van der Waals surface area contributed by atoms with Crippen molar-refractivity contribution in [2.45, 2.75) is 31.8 Å². The zero-order valence-corrected chi connectivity index (χ0v) is 12.8. The molecule has 0 aromatic rings. The third-order valence-corrected chi connectivity index (χ3v) is 4.34. The number of likely N-dealkylation sites (N-methyl/N-ethyl adjacent to an activating group) is 2. The first kappa shape index (κ1) is 15.9. The van der Waals surface area contributed by atoms with Crippen LogP contribution in [0.4, 0.5) is 0 Å². The lowest BCUT2D eigenvalue weighted by Crippen LogP contribution is -2.52. The van der Waals surface area contributed by atoms with Crippen molar-refractivity contribution < 1.29 is 4.74 Å². The van der Waals surface area contributed by atoms with Crippen molar-refractivity contribution in [2.24, 2.45) is 5.92 Å². The van der Waals surface area contributed by atoms with Gasteiger partial charge in [-0.05, 0) is 39.9 Å². The van der Waals surface area contributed by atoms with E-state index in [1.165, 1.54) is 26.1 Å². The summed E-state index contributed by atoms with van der Waals surface area (Å²) in [4.78, 5) is 4.95. The van der Waals surface area contributed by atoms with Gasteiger partial charge in [0.15, 0.2) is 0 Å². The second-order valence-corrected chi connectivity index (χ2v) is 5.79. The predicted octanol–water partition coefficient (Wildman–Crippen LogP) is 0.883. The second kappa shape index (κ2) is 8.10. The SMILES string of the molecule is CNC(CC1CN(C)CCN1C)C(C)CCOC. The van der Waals surface area contributed by atoms with Gasteiger partial charge in [0.1, 0.15) is 0 Å². The van der Waals surface area contributed by atoms with Gasteiger partial charge < -0.3 is 19.9 Å². The van der Waals surface area contributed by atoms with Crippen LogP contribution in [0, 0.1) is 5.92 Å². The highest BCUT2D eigenvalue weighted by Gasteiger charge is 2.26. The van der Waals surface area contributed by atoms with Crippen LogP contribution in [0.25, 0.3) is 0 Å². The van der Waals surface area contributed by atoms with E-state index in [4.69, 9.17) is 4.74 Å². The molecule has 1 N–H and O–H groups in total. The molecule has 1 fully saturated rings. The largest absolute Gasteiger partial charge is 0.385 e. The van der Waals surface area contributed by atoms with E-state index in [-0.39, 0.29) is 0 Å².